The van der Waals surface area contributed by atoms with Gasteiger partial charge in [-0.15, -0.1) is 0 Å². The second-order valence-electron chi connectivity index (χ2n) is 3.96. The molecule has 0 amide bonds. The van der Waals surface area contributed by atoms with Crippen LogP contribution >= 0.6 is 0 Å². The molecule has 2 aromatic carbocycles. The summed E-state index contributed by atoms with van der Waals surface area (Å²) in [4.78, 5) is 0. The molecule has 1 N–H and O–H groups in total. The normalized spacial score (nSPS) is 9.75. The molecule has 0 aliphatic heterocycles. The number of aliphatic hydroxyl groups is 1. The average molecular weight is 274 g/mol. The Labute approximate surface area is 115 Å². The van der Waals surface area contributed by atoms with Gasteiger partial charge >= 0.3 is 0 Å². The summed E-state index contributed by atoms with van der Waals surface area (Å²) >= 11 is 0. The molecule has 102 valence electrons. The van der Waals surface area contributed by atoms with Crippen LogP contribution in [0.2, 0.25) is 0 Å². The van der Waals surface area contributed by atoms with Crippen molar-refractivity contribution in [3.8, 4) is 17.6 Å². The molecule has 20 heavy (non-hydrogen) atoms. The van der Waals surface area contributed by atoms with Crippen molar-refractivity contribution in [3.05, 3.63) is 65.2 Å². The topological polar surface area (TPSA) is 29.5 Å². The average Bonchev–Trinajstić information content (AvgIpc) is 2.45. The van der Waals surface area contributed by atoms with Gasteiger partial charge in [0.2, 0.25) is 0 Å². The van der Waals surface area contributed by atoms with Gasteiger partial charge in [0.15, 0.2) is 17.4 Å². The summed E-state index contributed by atoms with van der Waals surface area (Å²) in [5.41, 5.74) is 1.34. The lowest BCUT2D eigenvalue weighted by Gasteiger charge is -2.09. The van der Waals surface area contributed by atoms with Gasteiger partial charge in [-0.25, -0.2) is 8.78 Å². The molecule has 0 atom stereocenters. The Bertz CT molecular complexity index is 637. The molecule has 0 saturated heterocycles. The van der Waals surface area contributed by atoms with Gasteiger partial charge < -0.3 is 9.84 Å². The minimum atomic E-state index is -0.746. The molecule has 0 aliphatic rings. The molecule has 2 rings (SSSR count). The summed E-state index contributed by atoms with van der Waals surface area (Å²) in [7, 11) is 0. The first-order chi connectivity index (χ1) is 9.72. The second-order valence-corrected chi connectivity index (χ2v) is 3.96. The zero-order chi connectivity index (χ0) is 14.4. The number of rotatable bonds is 3. The Morgan fingerprint density at radius 1 is 1.00 bits per heavy atom. The third-order valence-electron chi connectivity index (χ3n) is 2.61. The maximum absolute atomic E-state index is 13.4. The molecule has 0 unspecified atom stereocenters. The van der Waals surface area contributed by atoms with Gasteiger partial charge in [0.05, 0.1) is 0 Å². The van der Waals surface area contributed by atoms with Gasteiger partial charge in [0.25, 0.3) is 0 Å². The highest BCUT2D eigenvalue weighted by atomic mass is 19.1. The van der Waals surface area contributed by atoms with Crippen LogP contribution in [0.5, 0.6) is 5.75 Å². The van der Waals surface area contributed by atoms with Gasteiger partial charge in [-0.1, -0.05) is 36.1 Å². The summed E-state index contributed by atoms with van der Waals surface area (Å²) in [5.74, 6) is 3.39. The zero-order valence-electron chi connectivity index (χ0n) is 10.6. The molecule has 0 heterocycles. The van der Waals surface area contributed by atoms with E-state index in [0.29, 0.717) is 11.1 Å². The molecule has 0 aliphatic carbocycles. The van der Waals surface area contributed by atoms with Crippen LogP contribution in [-0.4, -0.2) is 11.7 Å². The van der Waals surface area contributed by atoms with Crippen LogP contribution in [-0.2, 0) is 6.61 Å². The van der Waals surface area contributed by atoms with Crippen molar-refractivity contribution in [2.75, 3.05) is 6.61 Å². The SMILES string of the molecule is OCC#Cc1ccccc1COc1c(F)cccc1F. The Balaban J connectivity index is 2.19. The standard InChI is InChI=1S/C16H12F2O2/c17-14-8-3-9-15(18)16(14)20-11-13-6-2-1-5-12(13)7-4-10-19/h1-3,5-6,8-9,19H,10-11H2. The van der Waals surface area contributed by atoms with E-state index in [4.69, 9.17) is 9.84 Å². The Morgan fingerprint density at radius 2 is 1.70 bits per heavy atom. The minimum Gasteiger partial charge on any atom is -0.483 e. The molecule has 0 bridgehead atoms. The Kier molecular flexibility index (Phi) is 4.70. The lowest BCUT2D eigenvalue weighted by molar-refractivity contribution is 0.274. The number of ether oxygens (including phenoxy) is 1. The lowest BCUT2D eigenvalue weighted by atomic mass is 10.1. The molecule has 0 radical (unpaired) electrons. The van der Waals surface area contributed by atoms with E-state index < -0.39 is 17.4 Å². The van der Waals surface area contributed by atoms with Gasteiger partial charge in [0, 0.05) is 11.1 Å². The maximum Gasteiger partial charge on any atom is 0.191 e. The fourth-order valence-corrected chi connectivity index (χ4v) is 1.67. The number of para-hydroxylation sites is 1. The highest BCUT2D eigenvalue weighted by Gasteiger charge is 2.10. The first-order valence-electron chi connectivity index (χ1n) is 5.97. The van der Waals surface area contributed by atoms with Crippen LogP contribution in [0.1, 0.15) is 11.1 Å². The van der Waals surface area contributed by atoms with Crippen molar-refractivity contribution in [3.63, 3.8) is 0 Å². The molecular formula is C16H12F2O2. The third kappa shape index (κ3) is 3.34. The van der Waals surface area contributed by atoms with E-state index in [-0.39, 0.29) is 13.2 Å². The monoisotopic (exact) mass is 274 g/mol. The van der Waals surface area contributed by atoms with Crippen LogP contribution < -0.4 is 4.74 Å². The van der Waals surface area contributed by atoms with E-state index in [1.807, 2.05) is 0 Å². The summed E-state index contributed by atoms with van der Waals surface area (Å²) < 4.78 is 32.1. The molecule has 0 fully saturated rings. The van der Waals surface area contributed by atoms with E-state index >= 15 is 0 Å². The van der Waals surface area contributed by atoms with Gasteiger partial charge in [0.1, 0.15) is 13.2 Å². The first-order valence-corrected chi connectivity index (χ1v) is 5.97. The quantitative estimate of drug-likeness (QED) is 0.872. The third-order valence-corrected chi connectivity index (χ3v) is 2.61. The summed E-state index contributed by atoms with van der Waals surface area (Å²) in [6, 6.07) is 10.6. The van der Waals surface area contributed by atoms with Crippen LogP contribution in [0.25, 0.3) is 0 Å². The number of halogens is 2. The number of hydrogen-bond donors (Lipinski definition) is 1. The Morgan fingerprint density at radius 3 is 2.40 bits per heavy atom. The van der Waals surface area contributed by atoms with Crippen LogP contribution in [0.3, 0.4) is 0 Å². The van der Waals surface area contributed by atoms with Crippen molar-refractivity contribution < 1.29 is 18.6 Å². The summed E-state index contributed by atoms with van der Waals surface area (Å²) in [5, 5.41) is 8.70. The molecular weight excluding hydrogens is 262 g/mol. The number of aliphatic hydroxyl groups excluding tert-OH is 1. The molecule has 4 heteroatoms. The minimum absolute atomic E-state index is 0.00582. The van der Waals surface area contributed by atoms with Crippen LogP contribution in [0, 0.1) is 23.5 Å². The summed E-state index contributed by atoms with van der Waals surface area (Å²) in [6.07, 6.45) is 0. The van der Waals surface area contributed by atoms with Crippen LogP contribution in [0.15, 0.2) is 42.5 Å². The van der Waals surface area contributed by atoms with Crippen molar-refractivity contribution in [1.82, 2.24) is 0 Å². The fraction of sp³-hybridized carbons (Fsp3) is 0.125. The molecule has 0 saturated carbocycles. The zero-order valence-corrected chi connectivity index (χ0v) is 10.6. The van der Waals surface area contributed by atoms with Crippen molar-refractivity contribution >= 4 is 0 Å². The van der Waals surface area contributed by atoms with Gasteiger partial charge in [-0.3, -0.25) is 0 Å². The highest BCUT2D eigenvalue weighted by Crippen LogP contribution is 2.22. The lowest BCUT2D eigenvalue weighted by Crippen LogP contribution is -2.01. The van der Waals surface area contributed by atoms with E-state index in [1.54, 1.807) is 24.3 Å². The van der Waals surface area contributed by atoms with Gasteiger partial charge in [-0.05, 0) is 18.2 Å². The first kappa shape index (κ1) is 14.0. The van der Waals surface area contributed by atoms with Crippen molar-refractivity contribution in [2.24, 2.45) is 0 Å². The van der Waals surface area contributed by atoms with Crippen molar-refractivity contribution in [2.45, 2.75) is 6.61 Å². The van der Waals surface area contributed by atoms with Crippen molar-refractivity contribution in [1.29, 1.82) is 0 Å². The fourth-order valence-electron chi connectivity index (χ4n) is 1.67. The van der Waals surface area contributed by atoms with E-state index in [2.05, 4.69) is 11.8 Å². The smallest absolute Gasteiger partial charge is 0.191 e. The van der Waals surface area contributed by atoms with E-state index in [1.165, 1.54) is 6.07 Å². The highest BCUT2D eigenvalue weighted by molar-refractivity contribution is 5.41. The maximum atomic E-state index is 13.4. The summed E-state index contributed by atoms with van der Waals surface area (Å²) in [6.45, 7) is -0.259. The van der Waals surface area contributed by atoms with Crippen LogP contribution in [0.4, 0.5) is 8.78 Å². The molecule has 2 nitrogen and oxygen atoms in total. The van der Waals surface area contributed by atoms with E-state index in [9.17, 15) is 8.78 Å². The largest absolute Gasteiger partial charge is 0.483 e. The second kappa shape index (κ2) is 6.69. The predicted molar refractivity (Wildman–Crippen MR) is 71.1 cm³/mol. The molecule has 2 aromatic rings. The Hall–Kier alpha value is -2.38. The molecule has 0 aromatic heterocycles. The molecule has 0 spiro atoms. The number of benzene rings is 2. The number of hydrogen-bond acceptors (Lipinski definition) is 2. The van der Waals surface area contributed by atoms with E-state index in [0.717, 1.165) is 12.1 Å². The van der Waals surface area contributed by atoms with Gasteiger partial charge in [-0.2, -0.15) is 0 Å². The predicted octanol–water partition coefficient (Wildman–Crippen LogP) is 2.89.